The van der Waals surface area contributed by atoms with E-state index in [1.165, 1.54) is 10.9 Å². The Morgan fingerprint density at radius 3 is 2.65 bits per heavy atom. The van der Waals surface area contributed by atoms with Crippen LogP contribution in [-0.2, 0) is 11.3 Å². The summed E-state index contributed by atoms with van der Waals surface area (Å²) >= 11 is 3.38. The van der Waals surface area contributed by atoms with Crippen LogP contribution in [0.15, 0.2) is 33.8 Å². The molecule has 0 unspecified atom stereocenters. The number of nitrogens with zero attached hydrogens (tertiary/aromatic N) is 4. The van der Waals surface area contributed by atoms with Crippen LogP contribution in [0.4, 0.5) is 0 Å². The Bertz CT molecular complexity index is 841. The van der Waals surface area contributed by atoms with Crippen LogP contribution < -0.4 is 5.56 Å². The van der Waals surface area contributed by atoms with Gasteiger partial charge in [0.25, 0.3) is 5.56 Å². The molecule has 2 heterocycles. The predicted molar refractivity (Wildman–Crippen MR) is 106 cm³/mol. The van der Waals surface area contributed by atoms with E-state index in [9.17, 15) is 9.59 Å². The van der Waals surface area contributed by atoms with Gasteiger partial charge in [0.15, 0.2) is 0 Å². The lowest BCUT2D eigenvalue weighted by Gasteiger charge is -2.35. The number of amides is 1. The Labute approximate surface area is 161 Å². The monoisotopic (exact) mass is 420 g/mol. The van der Waals surface area contributed by atoms with Crippen molar-refractivity contribution in [2.24, 2.45) is 5.92 Å². The first-order valence-corrected chi connectivity index (χ1v) is 9.88. The second-order valence-electron chi connectivity index (χ2n) is 7.23. The molecule has 26 heavy (non-hydrogen) atoms. The molecule has 140 valence electrons. The molecule has 0 saturated carbocycles. The molecule has 1 amide bonds. The highest BCUT2D eigenvalue weighted by Crippen LogP contribution is 2.15. The molecular formula is C19H25BrN4O2. The van der Waals surface area contributed by atoms with Gasteiger partial charge in [-0.05, 0) is 24.1 Å². The molecule has 1 aromatic carbocycles. The molecule has 2 aromatic rings. The van der Waals surface area contributed by atoms with Crippen LogP contribution in [0, 0.1) is 5.92 Å². The van der Waals surface area contributed by atoms with E-state index in [0.29, 0.717) is 29.8 Å². The third-order valence-corrected chi connectivity index (χ3v) is 5.19. The van der Waals surface area contributed by atoms with E-state index in [0.717, 1.165) is 37.2 Å². The minimum Gasteiger partial charge on any atom is -0.340 e. The third kappa shape index (κ3) is 4.51. The van der Waals surface area contributed by atoms with Gasteiger partial charge in [0.2, 0.25) is 5.91 Å². The van der Waals surface area contributed by atoms with E-state index in [-0.39, 0.29) is 11.5 Å². The average molecular weight is 421 g/mol. The zero-order chi connectivity index (χ0) is 18.7. The summed E-state index contributed by atoms with van der Waals surface area (Å²) in [4.78, 5) is 33.7. The van der Waals surface area contributed by atoms with Gasteiger partial charge in [-0.15, -0.1) is 0 Å². The fourth-order valence-corrected chi connectivity index (χ4v) is 3.72. The van der Waals surface area contributed by atoms with Crippen molar-refractivity contribution in [1.29, 1.82) is 0 Å². The summed E-state index contributed by atoms with van der Waals surface area (Å²) in [5, 5.41) is 0.566. The number of hydrogen-bond donors (Lipinski definition) is 0. The normalized spacial score (nSPS) is 15.8. The van der Waals surface area contributed by atoms with Crippen LogP contribution in [0.3, 0.4) is 0 Å². The lowest BCUT2D eigenvalue weighted by molar-refractivity contribution is -0.133. The number of carbonyl (C=O) groups excluding carboxylic acids is 1. The molecule has 1 aliphatic rings. The van der Waals surface area contributed by atoms with Gasteiger partial charge in [-0.1, -0.05) is 29.8 Å². The minimum absolute atomic E-state index is 0.106. The van der Waals surface area contributed by atoms with Crippen molar-refractivity contribution in [3.05, 3.63) is 39.4 Å². The Kier molecular flexibility index (Phi) is 6.09. The lowest BCUT2D eigenvalue weighted by atomic mass is 10.2. The van der Waals surface area contributed by atoms with Crippen LogP contribution in [0.1, 0.15) is 20.3 Å². The molecule has 0 atom stereocenters. The fraction of sp³-hybridized carbons (Fsp3) is 0.526. The van der Waals surface area contributed by atoms with E-state index in [4.69, 9.17) is 0 Å². The van der Waals surface area contributed by atoms with Gasteiger partial charge in [-0.3, -0.25) is 19.1 Å². The summed E-state index contributed by atoms with van der Waals surface area (Å²) < 4.78 is 2.37. The summed E-state index contributed by atoms with van der Waals surface area (Å²) in [7, 11) is 0. The van der Waals surface area contributed by atoms with Gasteiger partial charge in [0, 0.05) is 50.2 Å². The SMILES string of the molecule is CC(C)CN1CCN(C(=O)CCn2cnc3ccc(Br)cc3c2=O)CC1. The topological polar surface area (TPSA) is 58.4 Å². The van der Waals surface area contributed by atoms with Crippen LogP contribution in [0.5, 0.6) is 0 Å². The molecule has 1 fully saturated rings. The summed E-state index contributed by atoms with van der Waals surface area (Å²) in [5.41, 5.74) is 0.563. The summed E-state index contributed by atoms with van der Waals surface area (Å²) in [5.74, 6) is 0.750. The van der Waals surface area contributed by atoms with E-state index < -0.39 is 0 Å². The van der Waals surface area contributed by atoms with Crippen LogP contribution in [0.2, 0.25) is 0 Å². The van der Waals surface area contributed by atoms with Crippen molar-refractivity contribution in [3.63, 3.8) is 0 Å². The summed E-state index contributed by atoms with van der Waals surface area (Å²) in [6.45, 7) is 9.25. The maximum Gasteiger partial charge on any atom is 0.261 e. The first-order valence-electron chi connectivity index (χ1n) is 9.09. The van der Waals surface area contributed by atoms with Gasteiger partial charge in [-0.2, -0.15) is 0 Å². The molecule has 0 bridgehead atoms. The van der Waals surface area contributed by atoms with Crippen molar-refractivity contribution in [1.82, 2.24) is 19.4 Å². The Hall–Kier alpha value is -1.73. The molecule has 0 spiro atoms. The zero-order valence-electron chi connectivity index (χ0n) is 15.3. The molecule has 0 N–H and O–H groups in total. The number of aryl methyl sites for hydroxylation is 1. The van der Waals surface area contributed by atoms with Crippen molar-refractivity contribution in [2.75, 3.05) is 32.7 Å². The van der Waals surface area contributed by atoms with Crippen molar-refractivity contribution >= 4 is 32.7 Å². The highest BCUT2D eigenvalue weighted by atomic mass is 79.9. The number of fused-ring (bicyclic) bond motifs is 1. The van der Waals surface area contributed by atoms with Gasteiger partial charge in [0.05, 0.1) is 17.2 Å². The number of hydrogen-bond acceptors (Lipinski definition) is 4. The molecular weight excluding hydrogens is 396 g/mol. The number of piperazine rings is 1. The highest BCUT2D eigenvalue weighted by molar-refractivity contribution is 9.10. The van der Waals surface area contributed by atoms with Gasteiger partial charge in [0.1, 0.15) is 0 Å². The van der Waals surface area contributed by atoms with Gasteiger partial charge in [-0.25, -0.2) is 4.98 Å². The Morgan fingerprint density at radius 1 is 1.23 bits per heavy atom. The van der Waals surface area contributed by atoms with Gasteiger partial charge >= 0.3 is 0 Å². The first kappa shape index (κ1) is 19.0. The summed E-state index contributed by atoms with van der Waals surface area (Å²) in [6.07, 6.45) is 1.86. The smallest absolute Gasteiger partial charge is 0.261 e. The van der Waals surface area contributed by atoms with E-state index in [2.05, 4.69) is 39.7 Å². The maximum atomic E-state index is 12.6. The number of benzene rings is 1. The van der Waals surface area contributed by atoms with Gasteiger partial charge < -0.3 is 4.90 Å². The van der Waals surface area contributed by atoms with Crippen LogP contribution >= 0.6 is 15.9 Å². The number of aromatic nitrogens is 2. The third-order valence-electron chi connectivity index (χ3n) is 4.70. The lowest BCUT2D eigenvalue weighted by Crippen LogP contribution is -2.49. The molecule has 1 aliphatic heterocycles. The molecule has 1 aromatic heterocycles. The molecule has 3 rings (SSSR count). The molecule has 0 radical (unpaired) electrons. The first-order chi connectivity index (χ1) is 12.4. The number of halogens is 1. The maximum absolute atomic E-state index is 12.6. The highest BCUT2D eigenvalue weighted by Gasteiger charge is 2.21. The molecule has 6 nitrogen and oxygen atoms in total. The minimum atomic E-state index is -0.106. The second kappa shape index (κ2) is 8.31. The fourth-order valence-electron chi connectivity index (χ4n) is 3.36. The van der Waals surface area contributed by atoms with E-state index in [1.807, 2.05) is 17.0 Å². The number of rotatable bonds is 5. The van der Waals surface area contributed by atoms with Crippen LogP contribution in [-0.4, -0.2) is 58.0 Å². The number of carbonyl (C=O) groups is 1. The van der Waals surface area contributed by atoms with E-state index >= 15 is 0 Å². The summed E-state index contributed by atoms with van der Waals surface area (Å²) in [6, 6.07) is 5.45. The average Bonchev–Trinajstić information content (AvgIpc) is 2.61. The Morgan fingerprint density at radius 2 is 1.96 bits per heavy atom. The Balaban J connectivity index is 1.59. The standard InChI is InChI=1S/C19H25BrN4O2/c1-14(2)12-22-7-9-23(10-8-22)18(25)5-6-24-13-21-17-4-3-15(20)11-16(17)19(24)26/h3-4,11,13-14H,5-10,12H2,1-2H3. The molecule has 1 saturated heterocycles. The zero-order valence-corrected chi connectivity index (χ0v) is 16.9. The van der Waals surface area contributed by atoms with Crippen molar-refractivity contribution in [2.45, 2.75) is 26.8 Å². The van der Waals surface area contributed by atoms with Crippen molar-refractivity contribution in [3.8, 4) is 0 Å². The van der Waals surface area contributed by atoms with Crippen molar-refractivity contribution < 1.29 is 4.79 Å². The second-order valence-corrected chi connectivity index (χ2v) is 8.15. The van der Waals surface area contributed by atoms with E-state index in [1.54, 1.807) is 6.07 Å². The predicted octanol–water partition coefficient (Wildman–Crippen LogP) is 2.35. The largest absolute Gasteiger partial charge is 0.340 e. The molecule has 0 aliphatic carbocycles. The quantitative estimate of drug-likeness (QED) is 0.744. The molecule has 7 heteroatoms. The van der Waals surface area contributed by atoms with Crippen LogP contribution in [0.25, 0.3) is 10.9 Å².